The first kappa shape index (κ1) is 17.8. The van der Waals surface area contributed by atoms with Gasteiger partial charge in [-0.25, -0.2) is 0 Å². The zero-order valence-corrected chi connectivity index (χ0v) is 14.8. The first-order valence-corrected chi connectivity index (χ1v) is 7.95. The standard InChI is InChI=1S/C15H12Cl3N3OS/c16-12-4-5-13(17)14(18)11(12)8-22-10-3-1-2-9(6-10)7-20-21-15(19)23/h1-7H,8H2,(H3,19,21,23). The highest BCUT2D eigenvalue weighted by molar-refractivity contribution is 7.80. The summed E-state index contributed by atoms with van der Waals surface area (Å²) < 4.78 is 5.72. The molecule has 0 bridgehead atoms. The summed E-state index contributed by atoms with van der Waals surface area (Å²) in [4.78, 5) is 0. The molecule has 0 spiro atoms. The number of hydrazone groups is 1. The molecule has 4 nitrogen and oxygen atoms in total. The van der Waals surface area contributed by atoms with Crippen LogP contribution in [0.2, 0.25) is 15.1 Å². The summed E-state index contributed by atoms with van der Waals surface area (Å²) in [5, 5.41) is 5.29. The van der Waals surface area contributed by atoms with Gasteiger partial charge >= 0.3 is 0 Å². The van der Waals surface area contributed by atoms with E-state index in [1.807, 2.05) is 18.2 Å². The molecule has 0 radical (unpaired) electrons. The lowest BCUT2D eigenvalue weighted by Gasteiger charge is -2.11. The van der Waals surface area contributed by atoms with Crippen molar-refractivity contribution >= 4 is 58.3 Å². The molecule has 23 heavy (non-hydrogen) atoms. The van der Waals surface area contributed by atoms with Crippen molar-refractivity contribution in [1.82, 2.24) is 5.43 Å². The van der Waals surface area contributed by atoms with Gasteiger partial charge in [-0.3, -0.25) is 5.43 Å². The molecular weight excluding hydrogens is 377 g/mol. The van der Waals surface area contributed by atoms with Crippen molar-refractivity contribution in [1.29, 1.82) is 0 Å². The van der Waals surface area contributed by atoms with Gasteiger partial charge in [-0.1, -0.05) is 46.9 Å². The van der Waals surface area contributed by atoms with Gasteiger partial charge in [0.2, 0.25) is 0 Å². The molecular formula is C15H12Cl3N3OS. The van der Waals surface area contributed by atoms with Crippen LogP contribution in [0.5, 0.6) is 5.75 Å². The summed E-state index contributed by atoms with van der Waals surface area (Å²) in [5.41, 5.74) is 9.21. The maximum Gasteiger partial charge on any atom is 0.184 e. The van der Waals surface area contributed by atoms with Crippen LogP contribution in [0.25, 0.3) is 0 Å². The Balaban J connectivity index is 2.08. The zero-order valence-electron chi connectivity index (χ0n) is 11.7. The lowest BCUT2D eigenvalue weighted by atomic mass is 10.2. The highest BCUT2D eigenvalue weighted by Gasteiger charge is 2.10. The van der Waals surface area contributed by atoms with Gasteiger partial charge in [-0.2, -0.15) is 5.10 Å². The van der Waals surface area contributed by atoms with Crippen LogP contribution in [0.3, 0.4) is 0 Å². The number of hydrogen-bond acceptors (Lipinski definition) is 3. The van der Waals surface area contributed by atoms with Crippen LogP contribution in [-0.2, 0) is 6.61 Å². The van der Waals surface area contributed by atoms with Crippen molar-refractivity contribution in [3.63, 3.8) is 0 Å². The normalized spacial score (nSPS) is 10.7. The van der Waals surface area contributed by atoms with Gasteiger partial charge in [0.25, 0.3) is 0 Å². The fourth-order valence-corrected chi connectivity index (χ4v) is 2.42. The molecule has 0 saturated heterocycles. The lowest BCUT2D eigenvalue weighted by Crippen LogP contribution is -2.23. The number of thiocarbonyl (C=S) groups is 1. The number of nitrogens with two attached hydrogens (primary N) is 1. The Morgan fingerprint density at radius 3 is 2.70 bits per heavy atom. The molecule has 2 aromatic rings. The van der Waals surface area contributed by atoms with Crippen molar-refractivity contribution < 1.29 is 4.74 Å². The fraction of sp³-hybridized carbons (Fsp3) is 0.0667. The van der Waals surface area contributed by atoms with E-state index in [9.17, 15) is 0 Å². The summed E-state index contributed by atoms with van der Waals surface area (Å²) in [6, 6.07) is 10.6. The second-order valence-electron chi connectivity index (χ2n) is 4.42. The molecule has 2 aromatic carbocycles. The topological polar surface area (TPSA) is 59.6 Å². The molecule has 2 rings (SSSR count). The minimum absolute atomic E-state index is 0.0962. The van der Waals surface area contributed by atoms with Crippen molar-refractivity contribution in [2.45, 2.75) is 6.61 Å². The van der Waals surface area contributed by atoms with Crippen molar-refractivity contribution in [2.24, 2.45) is 10.8 Å². The minimum Gasteiger partial charge on any atom is -0.489 e. The number of nitrogens with zero attached hydrogens (tertiary/aromatic N) is 1. The third kappa shape index (κ3) is 5.25. The average molecular weight is 389 g/mol. The summed E-state index contributed by atoms with van der Waals surface area (Å²) in [6.45, 7) is 0.198. The van der Waals surface area contributed by atoms with Crippen LogP contribution >= 0.6 is 47.0 Å². The Bertz CT molecular complexity index is 753. The monoisotopic (exact) mass is 387 g/mol. The molecule has 0 heterocycles. The van der Waals surface area contributed by atoms with E-state index in [4.69, 9.17) is 45.3 Å². The van der Waals surface area contributed by atoms with E-state index in [2.05, 4.69) is 22.7 Å². The Hall–Kier alpha value is -1.53. The van der Waals surface area contributed by atoms with Gasteiger partial charge in [0, 0.05) is 10.6 Å². The molecule has 0 amide bonds. The van der Waals surface area contributed by atoms with Crippen LogP contribution in [0.15, 0.2) is 41.5 Å². The van der Waals surface area contributed by atoms with Crippen LogP contribution in [0.1, 0.15) is 11.1 Å². The number of benzene rings is 2. The first-order chi connectivity index (χ1) is 11.0. The minimum atomic E-state index is 0.0962. The van der Waals surface area contributed by atoms with E-state index >= 15 is 0 Å². The smallest absolute Gasteiger partial charge is 0.184 e. The van der Waals surface area contributed by atoms with E-state index in [-0.39, 0.29) is 11.7 Å². The van der Waals surface area contributed by atoms with Crippen LogP contribution < -0.4 is 15.9 Å². The second-order valence-corrected chi connectivity index (χ2v) is 6.05. The van der Waals surface area contributed by atoms with Crippen molar-refractivity contribution in [2.75, 3.05) is 0 Å². The highest BCUT2D eigenvalue weighted by atomic mass is 35.5. The molecule has 0 unspecified atom stereocenters. The maximum atomic E-state index is 6.14. The van der Waals surface area contributed by atoms with Gasteiger partial charge in [-0.05, 0) is 42.0 Å². The molecule has 3 N–H and O–H groups in total. The van der Waals surface area contributed by atoms with E-state index in [1.54, 1.807) is 24.4 Å². The Kier molecular flexibility index (Phi) is 6.47. The van der Waals surface area contributed by atoms with Crippen LogP contribution in [0.4, 0.5) is 0 Å². The average Bonchev–Trinajstić information content (AvgIpc) is 2.51. The predicted molar refractivity (Wildman–Crippen MR) is 99.8 cm³/mol. The molecule has 0 saturated carbocycles. The molecule has 0 aliphatic rings. The molecule has 0 atom stereocenters. The molecule has 0 fully saturated rings. The maximum absolute atomic E-state index is 6.14. The van der Waals surface area contributed by atoms with Gasteiger partial charge in [0.15, 0.2) is 5.11 Å². The van der Waals surface area contributed by atoms with E-state index in [0.29, 0.717) is 26.4 Å². The lowest BCUT2D eigenvalue weighted by molar-refractivity contribution is 0.306. The van der Waals surface area contributed by atoms with E-state index in [0.717, 1.165) is 5.56 Å². The van der Waals surface area contributed by atoms with Gasteiger partial charge in [0.1, 0.15) is 12.4 Å². The number of rotatable bonds is 5. The highest BCUT2D eigenvalue weighted by Crippen LogP contribution is 2.32. The number of halogens is 3. The number of nitrogens with one attached hydrogen (secondary N) is 1. The third-order valence-corrected chi connectivity index (χ3v) is 4.06. The molecule has 120 valence electrons. The fourth-order valence-electron chi connectivity index (χ4n) is 1.71. The summed E-state index contributed by atoms with van der Waals surface area (Å²) in [6.07, 6.45) is 1.57. The SMILES string of the molecule is NC(=S)NN=Cc1cccc(OCc2c(Cl)ccc(Cl)c2Cl)c1. The quantitative estimate of drug-likeness (QED) is 0.345. The zero-order chi connectivity index (χ0) is 16.8. The van der Waals surface area contributed by atoms with Crippen LogP contribution in [0, 0.1) is 0 Å². The Morgan fingerprint density at radius 2 is 1.96 bits per heavy atom. The van der Waals surface area contributed by atoms with E-state index in [1.165, 1.54) is 0 Å². The van der Waals surface area contributed by atoms with Crippen molar-refractivity contribution in [3.05, 3.63) is 62.6 Å². The molecule has 0 aliphatic carbocycles. The first-order valence-electron chi connectivity index (χ1n) is 6.41. The predicted octanol–water partition coefficient (Wildman–Crippen LogP) is 4.39. The van der Waals surface area contributed by atoms with Gasteiger partial charge in [0.05, 0.1) is 16.3 Å². The number of hydrogen-bond donors (Lipinski definition) is 2. The molecule has 0 aliphatic heterocycles. The largest absolute Gasteiger partial charge is 0.489 e. The Morgan fingerprint density at radius 1 is 1.22 bits per heavy atom. The van der Waals surface area contributed by atoms with Gasteiger partial charge < -0.3 is 10.5 Å². The Labute approximate surface area is 154 Å². The number of ether oxygens (including phenoxy) is 1. The third-order valence-electron chi connectivity index (χ3n) is 2.77. The van der Waals surface area contributed by atoms with E-state index < -0.39 is 0 Å². The second kappa shape index (κ2) is 8.36. The molecule has 0 aromatic heterocycles. The van der Waals surface area contributed by atoms with Gasteiger partial charge in [-0.15, -0.1) is 0 Å². The summed E-state index contributed by atoms with van der Waals surface area (Å²) in [7, 11) is 0. The van der Waals surface area contributed by atoms with Crippen molar-refractivity contribution in [3.8, 4) is 5.75 Å². The summed E-state index contributed by atoms with van der Waals surface area (Å²) >= 11 is 22.9. The summed E-state index contributed by atoms with van der Waals surface area (Å²) in [5.74, 6) is 0.636. The van der Waals surface area contributed by atoms with Crippen LogP contribution in [-0.4, -0.2) is 11.3 Å². The molecule has 8 heteroatoms.